The Balaban J connectivity index is 2.89. The van der Waals surface area contributed by atoms with E-state index in [0.29, 0.717) is 12.5 Å². The lowest BCUT2D eigenvalue weighted by Crippen LogP contribution is -2.13. The normalized spacial score (nSPS) is 15.1. The third-order valence-corrected chi connectivity index (χ3v) is 5.22. The molecule has 0 radical (unpaired) electrons. The highest BCUT2D eigenvalue weighted by Crippen LogP contribution is 2.47. The van der Waals surface area contributed by atoms with Gasteiger partial charge in [0.15, 0.2) is 0 Å². The Morgan fingerprint density at radius 2 is 1.95 bits per heavy atom. The molecule has 0 aromatic heterocycles. The van der Waals surface area contributed by atoms with Gasteiger partial charge in [-0.2, -0.15) is 0 Å². The first-order valence-electron chi connectivity index (χ1n) is 6.18. The lowest BCUT2D eigenvalue weighted by molar-refractivity contribution is 0.0816. The summed E-state index contributed by atoms with van der Waals surface area (Å²) in [6.07, 6.45) is 0.000207. The Kier molecular flexibility index (Phi) is 6.49. The molecular formula is C13H20NO3PS. The van der Waals surface area contributed by atoms with Crippen molar-refractivity contribution < 1.29 is 13.9 Å². The van der Waals surface area contributed by atoms with Crippen LogP contribution in [-0.2, 0) is 25.7 Å². The lowest BCUT2D eigenvalue weighted by atomic mass is 10.4. The summed E-state index contributed by atoms with van der Waals surface area (Å²) in [6, 6.07) is 9.57. The summed E-state index contributed by atoms with van der Waals surface area (Å²) in [5.74, 6) is 0.384. The molecule has 0 fully saturated rings. The Labute approximate surface area is 119 Å². The second kappa shape index (κ2) is 7.63. The molecule has 0 N–H and O–H groups in total. The van der Waals surface area contributed by atoms with E-state index in [1.54, 1.807) is 6.92 Å². The summed E-state index contributed by atoms with van der Waals surface area (Å²) in [4.78, 5) is 5.14. The maximum atomic E-state index is 5.74. The summed E-state index contributed by atoms with van der Waals surface area (Å²) in [7, 11) is 0. The van der Waals surface area contributed by atoms with E-state index < -0.39 is 6.49 Å². The minimum atomic E-state index is -2.57. The van der Waals surface area contributed by atoms with Crippen LogP contribution in [0.4, 0.5) is 0 Å². The molecule has 1 aromatic rings. The Morgan fingerprint density at radius 3 is 2.47 bits per heavy atom. The van der Waals surface area contributed by atoms with Crippen molar-refractivity contribution in [1.82, 2.24) is 0 Å². The van der Waals surface area contributed by atoms with Gasteiger partial charge in [0.05, 0.1) is 6.61 Å². The average Bonchev–Trinajstić information content (AvgIpc) is 2.37. The molecule has 0 saturated heterocycles. The number of nitrogens with zero attached hydrogens (tertiary/aromatic N) is 1. The Hall–Kier alpha value is -0.900. The highest BCUT2D eigenvalue weighted by molar-refractivity contribution is 8.13. The fraction of sp³-hybridized carbons (Fsp3) is 0.462. The van der Waals surface area contributed by atoms with Gasteiger partial charge < -0.3 is 13.9 Å². The fourth-order valence-electron chi connectivity index (χ4n) is 1.30. The fourth-order valence-corrected chi connectivity index (χ4v) is 3.87. The topological polar surface area (TPSA) is 40.0 Å². The van der Waals surface area contributed by atoms with E-state index >= 15 is 0 Å². The van der Waals surface area contributed by atoms with Gasteiger partial charge >= 0.3 is 0 Å². The zero-order valence-electron chi connectivity index (χ0n) is 11.7. The van der Waals surface area contributed by atoms with Gasteiger partial charge in [-0.1, -0.05) is 23.4 Å². The first-order valence-corrected chi connectivity index (χ1v) is 8.82. The predicted molar refractivity (Wildman–Crippen MR) is 82.4 cm³/mol. The molecule has 0 aliphatic carbocycles. The van der Waals surface area contributed by atoms with Crippen molar-refractivity contribution in [1.29, 1.82) is 0 Å². The summed E-state index contributed by atoms with van der Waals surface area (Å²) in [6.45, 7) is 5.32. The van der Waals surface area contributed by atoms with Crippen molar-refractivity contribution in [3.63, 3.8) is 0 Å². The number of oxime groups is 1. The Bertz CT molecular complexity index is 462. The molecule has 4 nitrogen and oxygen atoms in total. The molecule has 6 heteroatoms. The van der Waals surface area contributed by atoms with Gasteiger partial charge in [0.2, 0.25) is 5.90 Å². The summed E-state index contributed by atoms with van der Waals surface area (Å²) in [5, 5.41) is 4.76. The minimum absolute atomic E-state index is 0.000207. The summed E-state index contributed by atoms with van der Waals surface area (Å²) < 4.78 is 11.4. The molecule has 106 valence electrons. The van der Waals surface area contributed by atoms with Gasteiger partial charge in [-0.05, 0) is 44.7 Å². The molecule has 0 spiro atoms. The van der Waals surface area contributed by atoms with Gasteiger partial charge in [-0.15, -0.1) is 0 Å². The SMILES string of the molecule is CCOP(=S)(OC(C)=NOC(C)C)c1ccccc1. The van der Waals surface area contributed by atoms with Crippen LogP contribution in [-0.4, -0.2) is 18.6 Å². The summed E-state index contributed by atoms with van der Waals surface area (Å²) in [5.41, 5.74) is 0. The summed E-state index contributed by atoms with van der Waals surface area (Å²) >= 11 is 5.55. The van der Waals surface area contributed by atoms with Gasteiger partial charge in [0, 0.05) is 12.2 Å². The highest BCUT2D eigenvalue weighted by atomic mass is 32.5. The third kappa shape index (κ3) is 5.31. The molecule has 19 heavy (non-hydrogen) atoms. The first-order chi connectivity index (χ1) is 8.98. The highest BCUT2D eigenvalue weighted by Gasteiger charge is 2.23. The van der Waals surface area contributed by atoms with E-state index in [0.717, 1.165) is 5.30 Å². The van der Waals surface area contributed by atoms with Crippen LogP contribution in [0, 0.1) is 0 Å². The van der Waals surface area contributed by atoms with Crippen LogP contribution >= 0.6 is 6.49 Å². The minimum Gasteiger partial charge on any atom is -0.423 e. The zero-order valence-corrected chi connectivity index (χ0v) is 13.4. The standard InChI is InChI=1S/C13H20NO3PS/c1-5-15-18(19,13-9-7-6-8-10-13)17-12(4)14-16-11(2)3/h6-11H,5H2,1-4H3. The van der Waals surface area contributed by atoms with E-state index in [1.165, 1.54) is 0 Å². The van der Waals surface area contributed by atoms with Crippen LogP contribution in [0.5, 0.6) is 0 Å². The van der Waals surface area contributed by atoms with E-state index in [-0.39, 0.29) is 6.10 Å². The molecule has 0 amide bonds. The van der Waals surface area contributed by atoms with E-state index in [2.05, 4.69) is 5.16 Å². The molecule has 0 aliphatic heterocycles. The molecule has 1 rings (SSSR count). The van der Waals surface area contributed by atoms with Crippen LogP contribution in [0.1, 0.15) is 27.7 Å². The van der Waals surface area contributed by atoms with Crippen molar-refractivity contribution >= 4 is 29.5 Å². The average molecular weight is 301 g/mol. The van der Waals surface area contributed by atoms with Gasteiger partial charge in [-0.25, -0.2) is 0 Å². The molecular weight excluding hydrogens is 281 g/mol. The van der Waals surface area contributed by atoms with Crippen molar-refractivity contribution in [2.45, 2.75) is 33.8 Å². The molecule has 0 aliphatic rings. The van der Waals surface area contributed by atoms with Crippen LogP contribution in [0.15, 0.2) is 35.5 Å². The van der Waals surface area contributed by atoms with Gasteiger partial charge in [-0.3, -0.25) is 0 Å². The molecule has 0 bridgehead atoms. The number of hydrogen-bond donors (Lipinski definition) is 0. The molecule has 0 saturated carbocycles. The number of hydrogen-bond acceptors (Lipinski definition) is 5. The maximum absolute atomic E-state index is 5.74. The number of benzene rings is 1. The molecule has 0 heterocycles. The second-order valence-electron chi connectivity index (χ2n) is 4.11. The Morgan fingerprint density at radius 1 is 1.32 bits per heavy atom. The van der Waals surface area contributed by atoms with E-state index in [1.807, 2.05) is 51.1 Å². The maximum Gasteiger partial charge on any atom is 0.270 e. The molecule has 1 aromatic carbocycles. The largest absolute Gasteiger partial charge is 0.423 e. The van der Waals surface area contributed by atoms with Crippen LogP contribution in [0.25, 0.3) is 0 Å². The first kappa shape index (κ1) is 16.2. The van der Waals surface area contributed by atoms with E-state index in [9.17, 15) is 0 Å². The van der Waals surface area contributed by atoms with Crippen LogP contribution in [0.2, 0.25) is 0 Å². The molecule has 1 atom stereocenters. The van der Waals surface area contributed by atoms with Gasteiger partial charge in [0.25, 0.3) is 6.49 Å². The van der Waals surface area contributed by atoms with Gasteiger partial charge in [0.1, 0.15) is 6.10 Å². The van der Waals surface area contributed by atoms with Crippen molar-refractivity contribution in [2.24, 2.45) is 5.16 Å². The van der Waals surface area contributed by atoms with Crippen molar-refractivity contribution in [3.05, 3.63) is 30.3 Å². The quantitative estimate of drug-likeness (QED) is 0.349. The third-order valence-electron chi connectivity index (χ3n) is 2.02. The van der Waals surface area contributed by atoms with Crippen LogP contribution in [0.3, 0.4) is 0 Å². The van der Waals surface area contributed by atoms with Crippen molar-refractivity contribution in [2.75, 3.05) is 6.61 Å². The van der Waals surface area contributed by atoms with Crippen molar-refractivity contribution in [3.8, 4) is 0 Å². The second-order valence-corrected chi connectivity index (χ2v) is 7.50. The number of rotatable bonds is 6. The van der Waals surface area contributed by atoms with Crippen LogP contribution < -0.4 is 5.30 Å². The van der Waals surface area contributed by atoms with E-state index in [4.69, 9.17) is 25.7 Å². The monoisotopic (exact) mass is 301 g/mol. The lowest BCUT2D eigenvalue weighted by Gasteiger charge is -2.22. The zero-order chi connectivity index (χ0) is 14.3. The predicted octanol–water partition coefficient (Wildman–Crippen LogP) is 3.43. The molecule has 1 unspecified atom stereocenters. The smallest absolute Gasteiger partial charge is 0.270 e.